The van der Waals surface area contributed by atoms with Crippen molar-refractivity contribution in [2.75, 3.05) is 24.3 Å². The van der Waals surface area contributed by atoms with Crippen molar-refractivity contribution in [3.05, 3.63) is 46.4 Å². The number of hydrogen-bond acceptors (Lipinski definition) is 6. The minimum Gasteiger partial charge on any atom is -0.357 e. The SMILES string of the molecule is CNc1ncc([N+](=O)[O-])c(N(C)c2ccccc2F)n1. The number of anilines is 3. The van der Waals surface area contributed by atoms with Gasteiger partial charge >= 0.3 is 5.69 Å². The standard InChI is InChI=1S/C12H12FN5O2/c1-14-12-15-7-10(18(19)20)11(16-12)17(2)9-6-4-3-5-8(9)13/h3-7H,1-2H3,(H,14,15,16). The fourth-order valence-electron chi connectivity index (χ4n) is 1.70. The number of para-hydroxylation sites is 1. The fourth-order valence-corrected chi connectivity index (χ4v) is 1.70. The van der Waals surface area contributed by atoms with E-state index in [1.165, 1.54) is 24.1 Å². The molecule has 0 aliphatic carbocycles. The average Bonchev–Trinajstić information content (AvgIpc) is 2.46. The quantitative estimate of drug-likeness (QED) is 0.682. The first-order chi connectivity index (χ1) is 9.54. The maximum atomic E-state index is 13.8. The Morgan fingerprint density at radius 1 is 1.40 bits per heavy atom. The first-order valence-corrected chi connectivity index (χ1v) is 5.72. The zero-order chi connectivity index (χ0) is 14.7. The number of nitro groups is 1. The molecule has 7 nitrogen and oxygen atoms in total. The van der Waals surface area contributed by atoms with Crippen molar-refractivity contribution in [2.24, 2.45) is 0 Å². The van der Waals surface area contributed by atoms with E-state index in [4.69, 9.17) is 0 Å². The van der Waals surface area contributed by atoms with Crippen LogP contribution in [-0.4, -0.2) is 29.0 Å². The third kappa shape index (κ3) is 2.48. The van der Waals surface area contributed by atoms with Crippen LogP contribution in [0.4, 0.5) is 27.5 Å². The van der Waals surface area contributed by atoms with Crippen molar-refractivity contribution in [1.82, 2.24) is 9.97 Å². The second-order valence-electron chi connectivity index (χ2n) is 3.92. The van der Waals surface area contributed by atoms with Crippen LogP contribution in [0, 0.1) is 15.9 Å². The average molecular weight is 277 g/mol. The van der Waals surface area contributed by atoms with E-state index >= 15 is 0 Å². The summed E-state index contributed by atoms with van der Waals surface area (Å²) in [6.07, 6.45) is 1.09. The van der Waals surface area contributed by atoms with E-state index in [0.717, 1.165) is 6.20 Å². The van der Waals surface area contributed by atoms with Gasteiger partial charge in [-0.1, -0.05) is 12.1 Å². The number of nitrogens with one attached hydrogen (secondary N) is 1. The molecule has 0 unspecified atom stereocenters. The molecule has 1 N–H and O–H groups in total. The van der Waals surface area contributed by atoms with Gasteiger partial charge in [0.25, 0.3) is 0 Å². The Morgan fingerprint density at radius 2 is 2.10 bits per heavy atom. The smallest absolute Gasteiger partial charge is 0.330 e. The van der Waals surface area contributed by atoms with E-state index in [0.29, 0.717) is 0 Å². The predicted molar refractivity (Wildman–Crippen MR) is 72.7 cm³/mol. The first-order valence-electron chi connectivity index (χ1n) is 5.72. The number of hydrogen-bond donors (Lipinski definition) is 1. The van der Waals surface area contributed by atoms with Gasteiger partial charge in [0, 0.05) is 14.1 Å². The molecule has 0 bridgehead atoms. The number of aromatic nitrogens is 2. The maximum absolute atomic E-state index is 13.8. The summed E-state index contributed by atoms with van der Waals surface area (Å²) < 4.78 is 13.8. The zero-order valence-electron chi connectivity index (χ0n) is 10.9. The van der Waals surface area contributed by atoms with Crippen molar-refractivity contribution < 1.29 is 9.31 Å². The topological polar surface area (TPSA) is 84.2 Å². The lowest BCUT2D eigenvalue weighted by molar-refractivity contribution is -0.384. The van der Waals surface area contributed by atoms with Gasteiger partial charge in [0.05, 0.1) is 10.6 Å². The summed E-state index contributed by atoms with van der Waals surface area (Å²) in [5, 5.41) is 13.7. The van der Waals surface area contributed by atoms with Crippen LogP contribution in [0.2, 0.25) is 0 Å². The highest BCUT2D eigenvalue weighted by Gasteiger charge is 2.22. The monoisotopic (exact) mass is 277 g/mol. The number of benzene rings is 1. The van der Waals surface area contributed by atoms with Gasteiger partial charge in [-0.15, -0.1) is 0 Å². The Bertz CT molecular complexity index is 649. The fraction of sp³-hybridized carbons (Fsp3) is 0.167. The molecule has 20 heavy (non-hydrogen) atoms. The largest absolute Gasteiger partial charge is 0.357 e. The Kier molecular flexibility index (Phi) is 3.74. The summed E-state index contributed by atoms with van der Waals surface area (Å²) in [6.45, 7) is 0. The highest BCUT2D eigenvalue weighted by molar-refractivity contribution is 5.68. The molecule has 0 aliphatic heterocycles. The minimum atomic E-state index is -0.605. The molecule has 0 saturated heterocycles. The first kappa shape index (κ1) is 13.7. The van der Waals surface area contributed by atoms with Gasteiger partial charge in [0.1, 0.15) is 12.0 Å². The molecule has 104 valence electrons. The lowest BCUT2D eigenvalue weighted by Gasteiger charge is -2.18. The van der Waals surface area contributed by atoms with E-state index in [9.17, 15) is 14.5 Å². The van der Waals surface area contributed by atoms with Crippen LogP contribution in [0.25, 0.3) is 0 Å². The van der Waals surface area contributed by atoms with Gasteiger partial charge in [-0.25, -0.2) is 9.37 Å². The number of nitrogens with zero attached hydrogens (tertiary/aromatic N) is 4. The van der Waals surface area contributed by atoms with Crippen molar-refractivity contribution >= 4 is 23.1 Å². The zero-order valence-corrected chi connectivity index (χ0v) is 10.9. The Morgan fingerprint density at radius 3 is 2.70 bits per heavy atom. The third-order valence-corrected chi connectivity index (χ3v) is 2.70. The molecule has 0 spiro atoms. The molecule has 0 aliphatic rings. The molecule has 2 rings (SSSR count). The van der Waals surface area contributed by atoms with Crippen molar-refractivity contribution in [1.29, 1.82) is 0 Å². The molecule has 2 aromatic rings. The Balaban J connectivity index is 2.55. The highest BCUT2D eigenvalue weighted by atomic mass is 19.1. The highest BCUT2D eigenvalue weighted by Crippen LogP contribution is 2.31. The maximum Gasteiger partial charge on any atom is 0.330 e. The van der Waals surface area contributed by atoms with Gasteiger partial charge in [0.15, 0.2) is 0 Å². The molecule has 0 saturated carbocycles. The molecular weight excluding hydrogens is 265 g/mol. The van der Waals surface area contributed by atoms with Crippen LogP contribution < -0.4 is 10.2 Å². The van der Waals surface area contributed by atoms with Gasteiger partial charge in [0.2, 0.25) is 11.8 Å². The van der Waals surface area contributed by atoms with Crippen LogP contribution in [0.5, 0.6) is 0 Å². The summed E-state index contributed by atoms with van der Waals surface area (Å²) in [4.78, 5) is 19.6. The summed E-state index contributed by atoms with van der Waals surface area (Å²) in [5.74, 6) is -0.262. The molecule has 1 aromatic heterocycles. The van der Waals surface area contributed by atoms with Crippen molar-refractivity contribution in [2.45, 2.75) is 0 Å². The molecule has 0 fully saturated rings. The summed E-state index contributed by atoms with van der Waals surface area (Å²) in [7, 11) is 3.10. The lowest BCUT2D eigenvalue weighted by atomic mass is 10.2. The van der Waals surface area contributed by atoms with E-state index in [1.807, 2.05) is 0 Å². The van der Waals surface area contributed by atoms with Gasteiger partial charge in [-0.05, 0) is 12.1 Å². The van der Waals surface area contributed by atoms with E-state index in [-0.39, 0.29) is 23.1 Å². The third-order valence-electron chi connectivity index (χ3n) is 2.70. The van der Waals surface area contributed by atoms with E-state index in [2.05, 4.69) is 15.3 Å². The second kappa shape index (κ2) is 5.47. The molecule has 0 amide bonds. The van der Waals surface area contributed by atoms with Crippen LogP contribution in [0.3, 0.4) is 0 Å². The lowest BCUT2D eigenvalue weighted by Crippen LogP contribution is -2.16. The van der Waals surface area contributed by atoms with Crippen LogP contribution in [0.15, 0.2) is 30.5 Å². The minimum absolute atomic E-state index is 0.0134. The molecule has 1 heterocycles. The van der Waals surface area contributed by atoms with Gasteiger partial charge in [-0.3, -0.25) is 10.1 Å². The molecule has 0 atom stereocenters. The normalized spacial score (nSPS) is 10.2. The second-order valence-corrected chi connectivity index (χ2v) is 3.92. The van der Waals surface area contributed by atoms with Crippen molar-refractivity contribution in [3.63, 3.8) is 0 Å². The van der Waals surface area contributed by atoms with Crippen LogP contribution >= 0.6 is 0 Å². The predicted octanol–water partition coefficient (Wildman–Crippen LogP) is 2.33. The molecule has 8 heteroatoms. The van der Waals surface area contributed by atoms with Crippen LogP contribution in [0.1, 0.15) is 0 Å². The molecule has 1 aromatic carbocycles. The van der Waals surface area contributed by atoms with E-state index in [1.54, 1.807) is 19.2 Å². The van der Waals surface area contributed by atoms with Crippen LogP contribution in [-0.2, 0) is 0 Å². The molecule has 0 radical (unpaired) electrons. The van der Waals surface area contributed by atoms with E-state index < -0.39 is 10.7 Å². The number of rotatable bonds is 4. The Hall–Kier alpha value is -2.77. The van der Waals surface area contributed by atoms with Gasteiger partial charge in [-0.2, -0.15) is 4.98 Å². The van der Waals surface area contributed by atoms with Gasteiger partial charge < -0.3 is 10.2 Å². The Labute approximate surface area is 114 Å². The molecular formula is C12H12FN5O2. The summed E-state index contributed by atoms with van der Waals surface area (Å²) >= 11 is 0. The van der Waals surface area contributed by atoms with Crippen molar-refractivity contribution in [3.8, 4) is 0 Å². The summed E-state index contributed by atoms with van der Waals surface area (Å²) in [5.41, 5.74) is -0.105. The summed E-state index contributed by atoms with van der Waals surface area (Å²) in [6, 6.07) is 5.97. The number of halogens is 1.